The summed E-state index contributed by atoms with van der Waals surface area (Å²) in [4.78, 5) is 12.6. The number of furan rings is 1. The first kappa shape index (κ1) is 17.3. The minimum absolute atomic E-state index is 0.105. The van der Waals surface area contributed by atoms with Crippen LogP contribution in [0.1, 0.15) is 27.2 Å². The second-order valence-electron chi connectivity index (χ2n) is 5.57. The molecular weight excluding hydrogens is 337 g/mol. The van der Waals surface area contributed by atoms with E-state index in [2.05, 4.69) is 5.32 Å². The summed E-state index contributed by atoms with van der Waals surface area (Å²) in [6.45, 7) is 1.73. The second-order valence-corrected chi connectivity index (χ2v) is 5.57. The summed E-state index contributed by atoms with van der Waals surface area (Å²) in [5.74, 6) is -0.211. The van der Waals surface area contributed by atoms with Gasteiger partial charge in [-0.2, -0.15) is 5.26 Å². The van der Waals surface area contributed by atoms with Gasteiger partial charge in [0.25, 0.3) is 5.91 Å². The van der Waals surface area contributed by atoms with Gasteiger partial charge in [-0.15, -0.1) is 0 Å². The molecule has 0 fully saturated rings. The van der Waals surface area contributed by atoms with Crippen LogP contribution in [0.25, 0.3) is 5.88 Å². The Hall–Kier alpha value is -3.53. The number of hydrogen-bond acceptors (Lipinski definition) is 4. The van der Waals surface area contributed by atoms with E-state index in [0.29, 0.717) is 11.3 Å². The van der Waals surface area contributed by atoms with Crippen molar-refractivity contribution in [1.29, 1.82) is 5.26 Å². The van der Waals surface area contributed by atoms with Crippen molar-refractivity contribution in [2.24, 2.45) is 0 Å². The van der Waals surface area contributed by atoms with Crippen LogP contribution in [0.15, 0.2) is 47.1 Å². The van der Waals surface area contributed by atoms with Crippen molar-refractivity contribution in [2.45, 2.75) is 13.5 Å². The number of nitrogens with one attached hydrogen (secondary N) is 1. The number of benzene rings is 1. The summed E-state index contributed by atoms with van der Waals surface area (Å²) < 4.78 is 25.8. The SMILES string of the molecule is COc1ccc(CNC(=O)c2c(C)oc(-n3cccc3)c2C#N)cc1F. The number of carbonyl (C=O) groups excluding carboxylic acids is 1. The highest BCUT2D eigenvalue weighted by molar-refractivity contribution is 5.98. The fraction of sp³-hybridized carbons (Fsp3) is 0.158. The number of nitrogens with zero attached hydrogens (tertiary/aromatic N) is 2. The number of ether oxygens (including phenoxy) is 1. The molecule has 0 bridgehead atoms. The lowest BCUT2D eigenvalue weighted by Crippen LogP contribution is -2.24. The lowest BCUT2D eigenvalue weighted by molar-refractivity contribution is 0.0949. The molecule has 7 heteroatoms. The van der Waals surface area contributed by atoms with Gasteiger partial charge in [0.2, 0.25) is 5.88 Å². The Balaban J connectivity index is 1.82. The molecule has 1 aromatic carbocycles. The van der Waals surface area contributed by atoms with E-state index in [-0.39, 0.29) is 29.3 Å². The molecule has 0 aliphatic carbocycles. The predicted octanol–water partition coefficient (Wildman–Crippen LogP) is 3.33. The number of rotatable bonds is 5. The van der Waals surface area contributed by atoms with E-state index in [1.54, 1.807) is 42.1 Å². The Labute approximate surface area is 149 Å². The normalized spacial score (nSPS) is 10.4. The van der Waals surface area contributed by atoms with Crippen LogP contribution >= 0.6 is 0 Å². The van der Waals surface area contributed by atoms with Gasteiger partial charge in [0.1, 0.15) is 23.0 Å². The maximum absolute atomic E-state index is 13.7. The molecule has 0 aliphatic heterocycles. The first-order valence-corrected chi connectivity index (χ1v) is 7.82. The van der Waals surface area contributed by atoms with Gasteiger partial charge in [0.15, 0.2) is 11.6 Å². The minimum atomic E-state index is -0.508. The van der Waals surface area contributed by atoms with Crippen LogP contribution in [0.2, 0.25) is 0 Å². The van der Waals surface area contributed by atoms with Crippen LogP contribution in [0.5, 0.6) is 5.75 Å². The van der Waals surface area contributed by atoms with Crippen molar-refractivity contribution in [3.05, 3.63) is 71.0 Å². The smallest absolute Gasteiger partial charge is 0.256 e. The lowest BCUT2D eigenvalue weighted by Gasteiger charge is -2.07. The van der Waals surface area contributed by atoms with Crippen molar-refractivity contribution in [1.82, 2.24) is 9.88 Å². The van der Waals surface area contributed by atoms with Crippen molar-refractivity contribution >= 4 is 5.91 Å². The lowest BCUT2D eigenvalue weighted by atomic mass is 10.1. The van der Waals surface area contributed by atoms with Crippen LogP contribution in [-0.2, 0) is 6.54 Å². The van der Waals surface area contributed by atoms with Gasteiger partial charge in [-0.25, -0.2) is 4.39 Å². The van der Waals surface area contributed by atoms with Gasteiger partial charge in [0, 0.05) is 18.9 Å². The number of carbonyl (C=O) groups is 1. The highest BCUT2D eigenvalue weighted by atomic mass is 19.1. The van der Waals surface area contributed by atoms with Gasteiger partial charge in [0.05, 0.1) is 7.11 Å². The zero-order valence-corrected chi connectivity index (χ0v) is 14.2. The summed E-state index contributed by atoms with van der Waals surface area (Å²) >= 11 is 0. The van der Waals surface area contributed by atoms with Crippen LogP contribution in [0, 0.1) is 24.1 Å². The topological polar surface area (TPSA) is 80.2 Å². The maximum atomic E-state index is 13.7. The fourth-order valence-corrected chi connectivity index (χ4v) is 2.65. The van der Waals surface area contributed by atoms with E-state index < -0.39 is 11.7 Å². The third-order valence-corrected chi connectivity index (χ3v) is 3.91. The third-order valence-electron chi connectivity index (χ3n) is 3.91. The van der Waals surface area contributed by atoms with E-state index in [4.69, 9.17) is 9.15 Å². The zero-order valence-electron chi connectivity index (χ0n) is 14.2. The molecular formula is C19H16FN3O3. The van der Waals surface area contributed by atoms with Gasteiger partial charge >= 0.3 is 0 Å². The van der Waals surface area contributed by atoms with Crippen LogP contribution in [0.3, 0.4) is 0 Å². The monoisotopic (exact) mass is 353 g/mol. The number of amides is 1. The average molecular weight is 353 g/mol. The second kappa shape index (κ2) is 7.15. The van der Waals surface area contributed by atoms with Crippen LogP contribution in [0.4, 0.5) is 4.39 Å². The molecule has 0 spiro atoms. The zero-order chi connectivity index (χ0) is 18.7. The third kappa shape index (κ3) is 3.17. The molecule has 0 saturated carbocycles. The van der Waals surface area contributed by atoms with Crippen molar-refractivity contribution in [3.8, 4) is 17.7 Å². The highest BCUT2D eigenvalue weighted by Gasteiger charge is 2.24. The van der Waals surface area contributed by atoms with Gasteiger partial charge in [-0.3, -0.25) is 9.36 Å². The fourth-order valence-electron chi connectivity index (χ4n) is 2.65. The standard InChI is InChI=1S/C19H16FN3O3/c1-12-17(14(10-21)19(26-12)23-7-3-4-8-23)18(24)22-11-13-5-6-16(25-2)15(20)9-13/h3-9H,11H2,1-2H3,(H,22,24). The molecule has 26 heavy (non-hydrogen) atoms. The Bertz CT molecular complexity index is 984. The predicted molar refractivity (Wildman–Crippen MR) is 91.6 cm³/mol. The maximum Gasteiger partial charge on any atom is 0.256 e. The van der Waals surface area contributed by atoms with E-state index in [1.807, 2.05) is 6.07 Å². The average Bonchev–Trinajstić information content (AvgIpc) is 3.27. The van der Waals surface area contributed by atoms with E-state index in [0.717, 1.165) is 0 Å². The molecule has 2 aromatic heterocycles. The number of methoxy groups -OCH3 is 1. The molecule has 0 atom stereocenters. The highest BCUT2D eigenvalue weighted by Crippen LogP contribution is 2.25. The van der Waals surface area contributed by atoms with E-state index in [1.165, 1.54) is 19.2 Å². The first-order valence-electron chi connectivity index (χ1n) is 7.82. The van der Waals surface area contributed by atoms with E-state index in [9.17, 15) is 14.4 Å². The summed E-state index contributed by atoms with van der Waals surface area (Å²) in [6.07, 6.45) is 3.45. The van der Waals surface area contributed by atoms with Crippen molar-refractivity contribution in [3.63, 3.8) is 0 Å². The molecule has 0 saturated heterocycles. The molecule has 6 nitrogen and oxygen atoms in total. The Morgan fingerprint density at radius 2 is 2.12 bits per heavy atom. The molecule has 3 rings (SSSR count). The van der Waals surface area contributed by atoms with Crippen molar-refractivity contribution in [2.75, 3.05) is 7.11 Å². The van der Waals surface area contributed by atoms with Crippen LogP contribution in [-0.4, -0.2) is 17.6 Å². The Morgan fingerprint density at radius 1 is 1.38 bits per heavy atom. The van der Waals surface area contributed by atoms with E-state index >= 15 is 0 Å². The number of halogens is 1. The summed E-state index contributed by atoms with van der Waals surface area (Å²) in [7, 11) is 1.38. The molecule has 0 radical (unpaired) electrons. The summed E-state index contributed by atoms with van der Waals surface area (Å²) in [5.41, 5.74) is 0.893. The molecule has 1 N–H and O–H groups in total. The van der Waals surface area contributed by atoms with Crippen molar-refractivity contribution < 1.29 is 18.3 Å². The molecule has 0 unspecified atom stereocenters. The number of nitriles is 1. The summed E-state index contributed by atoms with van der Waals surface area (Å²) in [6, 6.07) is 10.0. The van der Waals surface area contributed by atoms with Gasteiger partial charge in [-0.05, 0) is 36.8 Å². The Kier molecular flexibility index (Phi) is 4.76. The molecule has 0 aliphatic rings. The minimum Gasteiger partial charge on any atom is -0.494 e. The van der Waals surface area contributed by atoms with Gasteiger partial charge < -0.3 is 14.5 Å². The number of hydrogen-bond donors (Lipinski definition) is 1. The quantitative estimate of drug-likeness (QED) is 0.763. The molecule has 132 valence electrons. The molecule has 3 aromatic rings. The van der Waals surface area contributed by atoms with Gasteiger partial charge in [-0.1, -0.05) is 6.07 Å². The molecule has 1 amide bonds. The largest absolute Gasteiger partial charge is 0.494 e. The number of aromatic nitrogens is 1. The molecule has 2 heterocycles. The Morgan fingerprint density at radius 3 is 2.73 bits per heavy atom. The summed E-state index contributed by atoms with van der Waals surface area (Å²) in [5, 5.41) is 12.2. The van der Waals surface area contributed by atoms with Crippen LogP contribution < -0.4 is 10.1 Å². The number of aryl methyl sites for hydroxylation is 1. The first-order chi connectivity index (χ1) is 12.5.